The lowest BCUT2D eigenvalue weighted by atomic mass is 10.1. The largest absolute Gasteiger partial charge is 0.434 e. The summed E-state index contributed by atoms with van der Waals surface area (Å²) in [4.78, 5) is -0.869. The summed E-state index contributed by atoms with van der Waals surface area (Å²) < 4.78 is 71.1. The van der Waals surface area contributed by atoms with Crippen LogP contribution in [0.5, 0.6) is 0 Å². The average Bonchev–Trinajstić information content (AvgIpc) is 3.13. The molecular weight excluding hydrogens is 371 g/mol. The molecular formula is C16H18F3N3O3S. The van der Waals surface area contributed by atoms with Gasteiger partial charge in [-0.15, -0.1) is 0 Å². The zero-order chi connectivity index (χ0) is 18.9. The summed E-state index contributed by atoms with van der Waals surface area (Å²) in [5, 5.41) is 5.00. The third-order valence-corrected chi connectivity index (χ3v) is 6.17. The molecule has 2 aromatic rings. The maximum absolute atomic E-state index is 13.0. The molecule has 0 aliphatic carbocycles. The second kappa shape index (κ2) is 7.01. The standard InChI is InChI=1S/C16H18F3N3O3S/c1-2-11-3-5-12(6-4-11)13-10-22(7-8-25-13)26(23,24)14-9-20-21-15(14)16(17,18)19/h3-6,9,13H,2,7-8,10H2,1H3,(H,20,21). The molecule has 1 fully saturated rings. The minimum Gasteiger partial charge on any atom is -0.371 e. The summed E-state index contributed by atoms with van der Waals surface area (Å²) in [6, 6.07) is 7.53. The van der Waals surface area contributed by atoms with Gasteiger partial charge in [-0.05, 0) is 17.5 Å². The fraction of sp³-hybridized carbons (Fsp3) is 0.438. The molecule has 142 valence electrons. The van der Waals surface area contributed by atoms with E-state index in [9.17, 15) is 21.6 Å². The number of sulfonamides is 1. The number of ether oxygens (including phenoxy) is 1. The number of hydrogen-bond donors (Lipinski definition) is 1. The van der Waals surface area contributed by atoms with Gasteiger partial charge < -0.3 is 4.74 Å². The molecule has 26 heavy (non-hydrogen) atoms. The van der Waals surface area contributed by atoms with Crippen LogP contribution < -0.4 is 0 Å². The van der Waals surface area contributed by atoms with E-state index in [1.807, 2.05) is 31.2 Å². The van der Waals surface area contributed by atoms with Crippen molar-refractivity contribution in [1.82, 2.24) is 14.5 Å². The van der Waals surface area contributed by atoms with Gasteiger partial charge in [-0.25, -0.2) is 8.42 Å². The number of halogens is 3. The van der Waals surface area contributed by atoms with Crippen LogP contribution in [0.4, 0.5) is 13.2 Å². The first-order valence-corrected chi connectivity index (χ1v) is 9.48. The highest BCUT2D eigenvalue weighted by atomic mass is 32.2. The topological polar surface area (TPSA) is 75.3 Å². The number of rotatable bonds is 4. The summed E-state index contributed by atoms with van der Waals surface area (Å²) in [5.74, 6) is 0. The molecule has 0 bridgehead atoms. The zero-order valence-electron chi connectivity index (χ0n) is 14.0. The molecule has 10 heteroatoms. The number of aromatic nitrogens is 2. The van der Waals surface area contributed by atoms with Crippen LogP contribution in [0, 0.1) is 0 Å². The number of nitrogens with one attached hydrogen (secondary N) is 1. The van der Waals surface area contributed by atoms with E-state index in [-0.39, 0.29) is 19.7 Å². The van der Waals surface area contributed by atoms with E-state index >= 15 is 0 Å². The van der Waals surface area contributed by atoms with Gasteiger partial charge in [-0.2, -0.15) is 22.6 Å². The lowest BCUT2D eigenvalue weighted by Gasteiger charge is -2.32. The van der Waals surface area contributed by atoms with E-state index in [4.69, 9.17) is 4.74 Å². The highest BCUT2D eigenvalue weighted by Gasteiger charge is 2.42. The number of H-pyrrole nitrogens is 1. The van der Waals surface area contributed by atoms with Crippen molar-refractivity contribution in [3.8, 4) is 0 Å². The van der Waals surface area contributed by atoms with Gasteiger partial charge in [0.2, 0.25) is 10.0 Å². The Bertz CT molecular complexity index is 863. The number of aryl methyl sites for hydroxylation is 1. The van der Waals surface area contributed by atoms with Gasteiger partial charge in [-0.3, -0.25) is 5.10 Å². The van der Waals surface area contributed by atoms with Crippen molar-refractivity contribution in [2.75, 3.05) is 19.7 Å². The van der Waals surface area contributed by atoms with E-state index in [0.29, 0.717) is 6.20 Å². The predicted octanol–water partition coefficient (Wildman–Crippen LogP) is 2.75. The Morgan fingerprint density at radius 1 is 1.31 bits per heavy atom. The Morgan fingerprint density at radius 2 is 2.00 bits per heavy atom. The van der Waals surface area contributed by atoms with Crippen LogP contribution in [-0.4, -0.2) is 42.6 Å². The molecule has 1 aliphatic rings. The number of hydrogen-bond acceptors (Lipinski definition) is 4. The number of aromatic amines is 1. The number of benzene rings is 1. The van der Waals surface area contributed by atoms with Crippen LogP contribution >= 0.6 is 0 Å². The fourth-order valence-corrected chi connectivity index (χ4v) is 4.36. The Hall–Kier alpha value is -1.91. The molecule has 1 aromatic carbocycles. The molecule has 0 spiro atoms. The van der Waals surface area contributed by atoms with Crippen LogP contribution in [0.2, 0.25) is 0 Å². The van der Waals surface area contributed by atoms with Crippen LogP contribution in [0.3, 0.4) is 0 Å². The second-order valence-electron chi connectivity index (χ2n) is 5.92. The van der Waals surface area contributed by atoms with E-state index < -0.39 is 32.9 Å². The minimum absolute atomic E-state index is 0.0195. The molecule has 2 heterocycles. The first kappa shape index (κ1) is 18.9. The smallest absolute Gasteiger partial charge is 0.371 e. The maximum Gasteiger partial charge on any atom is 0.434 e. The van der Waals surface area contributed by atoms with E-state index in [1.54, 1.807) is 5.10 Å². The minimum atomic E-state index is -4.83. The maximum atomic E-state index is 13.0. The van der Waals surface area contributed by atoms with Gasteiger partial charge in [0.15, 0.2) is 5.69 Å². The molecule has 3 rings (SSSR count). The van der Waals surface area contributed by atoms with Crippen LogP contribution in [0.1, 0.15) is 29.8 Å². The van der Waals surface area contributed by atoms with Crippen LogP contribution in [0.25, 0.3) is 0 Å². The summed E-state index contributed by atoms with van der Waals surface area (Å²) in [7, 11) is -4.35. The van der Waals surface area contributed by atoms with Crippen molar-refractivity contribution in [3.05, 3.63) is 47.3 Å². The highest BCUT2D eigenvalue weighted by Crippen LogP contribution is 2.34. The van der Waals surface area contributed by atoms with Gasteiger partial charge in [0.05, 0.1) is 18.9 Å². The van der Waals surface area contributed by atoms with Gasteiger partial charge >= 0.3 is 6.18 Å². The van der Waals surface area contributed by atoms with Crippen molar-refractivity contribution < 1.29 is 26.3 Å². The van der Waals surface area contributed by atoms with Crippen LogP contribution in [-0.2, 0) is 27.4 Å². The Balaban J connectivity index is 1.85. The first-order chi connectivity index (χ1) is 12.2. The van der Waals surface area contributed by atoms with E-state index in [0.717, 1.165) is 21.9 Å². The second-order valence-corrected chi connectivity index (χ2v) is 7.83. The summed E-state index contributed by atoms with van der Waals surface area (Å²) in [6.45, 7) is 2.03. The molecule has 1 atom stereocenters. The Morgan fingerprint density at radius 3 is 2.62 bits per heavy atom. The monoisotopic (exact) mass is 389 g/mol. The molecule has 0 amide bonds. The molecule has 0 radical (unpaired) electrons. The highest BCUT2D eigenvalue weighted by molar-refractivity contribution is 7.89. The summed E-state index contributed by atoms with van der Waals surface area (Å²) in [5.41, 5.74) is 0.542. The van der Waals surface area contributed by atoms with E-state index in [2.05, 4.69) is 5.10 Å². The van der Waals surface area contributed by atoms with Crippen molar-refractivity contribution in [3.63, 3.8) is 0 Å². The van der Waals surface area contributed by atoms with Gasteiger partial charge in [0, 0.05) is 13.1 Å². The van der Waals surface area contributed by atoms with Crippen molar-refractivity contribution in [2.24, 2.45) is 0 Å². The molecule has 1 aliphatic heterocycles. The van der Waals surface area contributed by atoms with E-state index in [1.165, 1.54) is 0 Å². The SMILES string of the molecule is CCc1ccc(C2CN(S(=O)(=O)c3cn[nH]c3C(F)(F)F)CCO2)cc1. The van der Waals surface area contributed by atoms with Crippen molar-refractivity contribution in [2.45, 2.75) is 30.5 Å². The molecule has 6 nitrogen and oxygen atoms in total. The van der Waals surface area contributed by atoms with Gasteiger partial charge in [0.25, 0.3) is 0 Å². The van der Waals surface area contributed by atoms with Crippen molar-refractivity contribution in [1.29, 1.82) is 0 Å². The third kappa shape index (κ3) is 3.62. The lowest BCUT2D eigenvalue weighted by molar-refractivity contribution is -0.143. The normalized spacial score (nSPS) is 19.6. The average molecular weight is 389 g/mol. The Kier molecular flexibility index (Phi) is 5.09. The predicted molar refractivity (Wildman–Crippen MR) is 86.9 cm³/mol. The molecule has 1 N–H and O–H groups in total. The Labute approximate surface area is 149 Å². The molecule has 1 unspecified atom stereocenters. The first-order valence-electron chi connectivity index (χ1n) is 8.04. The molecule has 1 saturated heterocycles. The van der Waals surface area contributed by atoms with Gasteiger partial charge in [-0.1, -0.05) is 31.2 Å². The molecule has 0 saturated carbocycles. The number of nitrogens with zero attached hydrogens (tertiary/aromatic N) is 2. The van der Waals surface area contributed by atoms with Crippen molar-refractivity contribution >= 4 is 10.0 Å². The summed E-state index contributed by atoms with van der Waals surface area (Å²) in [6.07, 6.45) is -3.81. The number of morpholine rings is 1. The summed E-state index contributed by atoms with van der Waals surface area (Å²) >= 11 is 0. The lowest BCUT2D eigenvalue weighted by Crippen LogP contribution is -2.42. The zero-order valence-corrected chi connectivity index (χ0v) is 14.8. The third-order valence-electron chi connectivity index (χ3n) is 4.29. The van der Waals surface area contributed by atoms with Crippen LogP contribution in [0.15, 0.2) is 35.4 Å². The quantitative estimate of drug-likeness (QED) is 0.873. The van der Waals surface area contributed by atoms with Gasteiger partial charge in [0.1, 0.15) is 4.90 Å². The fourth-order valence-electron chi connectivity index (χ4n) is 2.83. The number of alkyl halides is 3. The molecule has 1 aromatic heterocycles.